The van der Waals surface area contributed by atoms with Crippen molar-refractivity contribution in [2.45, 2.75) is 19.0 Å². The van der Waals surface area contributed by atoms with Crippen LogP contribution in [0.4, 0.5) is 0 Å². The first kappa shape index (κ1) is 32.9. The first-order valence-corrected chi connectivity index (χ1v) is 14.8. The first-order valence-electron chi connectivity index (χ1n) is 10.5. The van der Waals surface area contributed by atoms with Crippen molar-refractivity contribution in [2.75, 3.05) is 94.8 Å². The quantitative estimate of drug-likeness (QED) is 0.179. The van der Waals surface area contributed by atoms with Gasteiger partial charge in [0.25, 0.3) is 0 Å². The van der Waals surface area contributed by atoms with Gasteiger partial charge in [-0.25, -0.2) is 0 Å². The Morgan fingerprint density at radius 1 is 0.774 bits per heavy atom. The summed E-state index contributed by atoms with van der Waals surface area (Å²) in [5, 5.41) is 3.24. The van der Waals surface area contributed by atoms with Crippen molar-refractivity contribution in [3.63, 3.8) is 0 Å². The minimum absolute atomic E-state index is 0.398. The van der Waals surface area contributed by atoms with Gasteiger partial charge in [-0.05, 0) is 31.3 Å². The summed E-state index contributed by atoms with van der Waals surface area (Å²) in [5.41, 5.74) is 6.95. The monoisotopic (exact) mass is 486 g/mol. The Morgan fingerprint density at radius 2 is 1.23 bits per heavy atom. The molecule has 3 N–H and O–H groups in total. The minimum atomic E-state index is -2.86. The highest BCUT2D eigenvalue weighted by atomic mass is 28.4. The molecule has 31 heavy (non-hydrogen) atoms. The van der Waals surface area contributed by atoms with E-state index < -0.39 is 17.4 Å². The van der Waals surface area contributed by atoms with E-state index in [2.05, 4.69) is 18.4 Å². The Hall–Kier alpha value is -0.226. The molecular weight excluding hydrogens is 440 g/mol. The molecule has 0 unspecified atom stereocenters. The molecule has 0 saturated heterocycles. The average Bonchev–Trinajstić information content (AvgIpc) is 2.79. The average molecular weight is 487 g/mol. The van der Waals surface area contributed by atoms with Crippen LogP contribution in [0, 0.1) is 0 Å². The van der Waals surface area contributed by atoms with E-state index in [0.29, 0.717) is 46.2 Å². The summed E-state index contributed by atoms with van der Waals surface area (Å²) in [6.45, 7) is 11.0. The number of nitrogens with one attached hydrogen (secondary N) is 1. The summed E-state index contributed by atoms with van der Waals surface area (Å²) in [5.74, 6) is 0. The molecule has 188 valence electrons. The van der Waals surface area contributed by atoms with Gasteiger partial charge in [0, 0.05) is 48.6 Å². The molecule has 12 heteroatoms. The van der Waals surface area contributed by atoms with Gasteiger partial charge in [0.1, 0.15) is 0 Å². The second-order valence-electron chi connectivity index (χ2n) is 6.52. The molecule has 0 fully saturated rings. The first-order chi connectivity index (χ1) is 14.9. The summed E-state index contributed by atoms with van der Waals surface area (Å²) in [7, 11) is 3.59. The Bertz CT molecular complexity index is 367. The normalized spacial score (nSPS) is 11.8. The van der Waals surface area contributed by atoms with Gasteiger partial charge >= 0.3 is 17.4 Å². The second-order valence-corrected chi connectivity index (χ2v) is 12.6. The molecule has 0 aromatic heterocycles. The zero-order valence-corrected chi connectivity index (χ0v) is 22.4. The highest BCUT2D eigenvalue weighted by molar-refractivity contribution is 6.66. The fourth-order valence-corrected chi connectivity index (χ4v) is 5.25. The maximum Gasteiger partial charge on any atom is 0.529 e. The van der Waals surface area contributed by atoms with Crippen LogP contribution in [-0.2, 0) is 36.3 Å². The van der Waals surface area contributed by atoms with E-state index in [9.17, 15) is 0 Å². The number of ether oxygens (including phenoxy) is 3. The minimum Gasteiger partial charge on any atom is -0.398 e. The third-order valence-corrected chi connectivity index (χ3v) is 9.50. The molecule has 0 aromatic carbocycles. The number of hydrogen-bond acceptors (Lipinski definition) is 10. The predicted octanol–water partition coefficient (Wildman–Crippen LogP) is 0.929. The number of hydrogen-bond donors (Lipinski definition) is 2. The molecule has 0 aromatic rings. The van der Waals surface area contributed by atoms with E-state index in [1.54, 1.807) is 41.2 Å². The lowest BCUT2D eigenvalue weighted by atomic mass is 10.5. The van der Waals surface area contributed by atoms with Crippen LogP contribution in [0.1, 0.15) is 6.42 Å². The zero-order valence-electron chi connectivity index (χ0n) is 20.4. The van der Waals surface area contributed by atoms with Crippen LogP contribution in [0.3, 0.4) is 0 Å². The van der Waals surface area contributed by atoms with E-state index in [-0.39, 0.29) is 0 Å². The topological polar surface area (TPSA) is 112 Å². The molecule has 10 nitrogen and oxygen atoms in total. The lowest BCUT2D eigenvalue weighted by Crippen LogP contribution is -2.46. The van der Waals surface area contributed by atoms with E-state index in [1.165, 1.54) is 0 Å². The van der Waals surface area contributed by atoms with Crippen molar-refractivity contribution >= 4 is 17.4 Å². The summed E-state index contributed by atoms with van der Waals surface area (Å²) in [4.78, 5) is 0. The SMILES string of the molecule is C=C[Si](OCCOC)(OCCOC)OCCOC.CO[Si](C)(CCCNCCN)OC. The van der Waals surface area contributed by atoms with Crippen LogP contribution in [0.2, 0.25) is 12.6 Å². The van der Waals surface area contributed by atoms with E-state index in [0.717, 1.165) is 25.6 Å². The predicted molar refractivity (Wildman–Crippen MR) is 126 cm³/mol. The van der Waals surface area contributed by atoms with E-state index in [4.69, 9.17) is 42.1 Å². The third kappa shape index (κ3) is 19.0. The molecule has 0 amide bonds. The molecule has 0 rings (SSSR count). The molecular formula is C19H46N2O8Si2. The molecule has 0 atom stereocenters. The number of rotatable bonds is 21. The van der Waals surface area contributed by atoms with Crippen LogP contribution in [0.15, 0.2) is 12.3 Å². The van der Waals surface area contributed by atoms with Gasteiger partial charge in [-0.2, -0.15) is 0 Å². The maximum atomic E-state index is 5.65. The summed E-state index contributed by atoms with van der Waals surface area (Å²) in [6, 6.07) is 1.03. The zero-order chi connectivity index (χ0) is 23.8. The molecule has 0 aliphatic carbocycles. The summed E-state index contributed by atoms with van der Waals surface area (Å²) in [6.07, 6.45) is 1.09. The molecule has 0 saturated carbocycles. The van der Waals surface area contributed by atoms with Gasteiger partial charge in [-0.3, -0.25) is 0 Å². The Labute approximate surface area is 191 Å². The standard InChI is InChI=1S/C11H24O6Si.C8H22N2O2Si/c1-5-18(15-9-6-12-2,16-10-7-13-3)17-11-8-14-4;1-11-13(3,12-2)8-4-6-10-7-5-9/h5H,1,6-11H2,2-4H3;10H,4-9H2,1-3H3. The van der Waals surface area contributed by atoms with Crippen molar-refractivity contribution in [1.29, 1.82) is 0 Å². The molecule has 0 spiro atoms. The fraction of sp³-hybridized carbons (Fsp3) is 0.895. The largest absolute Gasteiger partial charge is 0.529 e. The Morgan fingerprint density at radius 3 is 1.55 bits per heavy atom. The number of methoxy groups -OCH3 is 3. The van der Waals surface area contributed by atoms with E-state index in [1.807, 2.05) is 0 Å². The maximum absolute atomic E-state index is 5.65. The van der Waals surface area contributed by atoms with Crippen LogP contribution < -0.4 is 11.1 Å². The molecule has 0 heterocycles. The van der Waals surface area contributed by atoms with Gasteiger partial charge in [0.2, 0.25) is 0 Å². The van der Waals surface area contributed by atoms with Gasteiger partial charge in [0.15, 0.2) is 0 Å². The molecule has 0 radical (unpaired) electrons. The van der Waals surface area contributed by atoms with Crippen LogP contribution in [0.5, 0.6) is 0 Å². The van der Waals surface area contributed by atoms with Gasteiger partial charge in [-0.15, -0.1) is 0 Å². The molecule has 0 bridgehead atoms. The van der Waals surface area contributed by atoms with Crippen LogP contribution >= 0.6 is 0 Å². The van der Waals surface area contributed by atoms with E-state index >= 15 is 0 Å². The second kappa shape index (κ2) is 22.9. The summed E-state index contributed by atoms with van der Waals surface area (Å²) >= 11 is 0. The van der Waals surface area contributed by atoms with Crippen LogP contribution in [-0.4, -0.2) is 112 Å². The Kier molecular flexibility index (Phi) is 24.4. The third-order valence-electron chi connectivity index (χ3n) is 4.19. The highest BCUT2D eigenvalue weighted by Crippen LogP contribution is 2.13. The molecule has 0 aliphatic heterocycles. The summed E-state index contributed by atoms with van der Waals surface area (Å²) < 4.78 is 42.5. The van der Waals surface area contributed by atoms with Crippen molar-refractivity contribution < 1.29 is 36.3 Å². The van der Waals surface area contributed by atoms with Crippen molar-refractivity contribution in [3.05, 3.63) is 12.3 Å². The van der Waals surface area contributed by atoms with Gasteiger partial charge < -0.3 is 47.4 Å². The lowest BCUT2D eigenvalue weighted by molar-refractivity contribution is 0.0232. The molecule has 0 aliphatic rings. The highest BCUT2D eigenvalue weighted by Gasteiger charge is 2.37. The smallest absolute Gasteiger partial charge is 0.398 e. The van der Waals surface area contributed by atoms with Crippen molar-refractivity contribution in [2.24, 2.45) is 5.73 Å². The van der Waals surface area contributed by atoms with Gasteiger partial charge in [0.05, 0.1) is 39.6 Å². The number of nitrogens with two attached hydrogens (primary N) is 1. The van der Waals surface area contributed by atoms with Gasteiger partial charge in [-0.1, -0.05) is 6.58 Å². The Balaban J connectivity index is 0. The van der Waals surface area contributed by atoms with Crippen molar-refractivity contribution in [1.82, 2.24) is 5.32 Å². The van der Waals surface area contributed by atoms with Crippen molar-refractivity contribution in [3.8, 4) is 0 Å². The van der Waals surface area contributed by atoms with Crippen LogP contribution in [0.25, 0.3) is 0 Å². The lowest BCUT2D eigenvalue weighted by Gasteiger charge is -2.26. The fourth-order valence-electron chi connectivity index (χ4n) is 2.15.